The predicted molar refractivity (Wildman–Crippen MR) is 167 cm³/mol. The van der Waals surface area contributed by atoms with Gasteiger partial charge in [0, 0.05) is 6.54 Å². The van der Waals surface area contributed by atoms with Gasteiger partial charge in [-0.25, -0.2) is 4.79 Å². The number of carbonyl (C=O) groups is 2. The van der Waals surface area contributed by atoms with Crippen molar-refractivity contribution >= 4 is 17.6 Å². The van der Waals surface area contributed by atoms with Crippen LogP contribution in [0.1, 0.15) is 36.8 Å². The first-order valence-electron chi connectivity index (χ1n) is 14.8. The maximum Gasteiger partial charge on any atom is 0.573 e. The van der Waals surface area contributed by atoms with Crippen LogP contribution in [0.5, 0.6) is 11.5 Å². The van der Waals surface area contributed by atoms with Gasteiger partial charge in [-0.1, -0.05) is 78.9 Å². The van der Waals surface area contributed by atoms with Crippen LogP contribution in [0.15, 0.2) is 103 Å². The van der Waals surface area contributed by atoms with Crippen molar-refractivity contribution in [2.45, 2.75) is 44.9 Å². The number of nitrogens with zero attached hydrogens (tertiary/aromatic N) is 1. The molecule has 4 aromatic carbocycles. The zero-order valence-corrected chi connectivity index (χ0v) is 25.1. The molecule has 0 N–H and O–H groups in total. The van der Waals surface area contributed by atoms with Crippen molar-refractivity contribution in [2.24, 2.45) is 0 Å². The number of unbranched alkanes of at least 4 members (excludes halogenated alkanes) is 2. The van der Waals surface area contributed by atoms with Gasteiger partial charge in [0.25, 0.3) is 0 Å². The number of anilines is 1. The second-order valence-electron chi connectivity index (χ2n) is 10.4. The van der Waals surface area contributed by atoms with Crippen LogP contribution in [0, 0.1) is 0 Å². The van der Waals surface area contributed by atoms with Gasteiger partial charge >= 0.3 is 18.2 Å². The molecule has 1 amide bonds. The summed E-state index contributed by atoms with van der Waals surface area (Å²) in [5, 5.41) is 0. The molecule has 4 aromatic rings. The van der Waals surface area contributed by atoms with E-state index in [9.17, 15) is 22.8 Å². The summed E-state index contributed by atoms with van der Waals surface area (Å²) >= 11 is 0. The molecule has 236 valence electrons. The minimum atomic E-state index is -4.80. The molecular weight excluding hydrogens is 583 g/mol. The standard InChI is InChI=1S/C36H36F3NO5/c1-43-35(42)34(41)40(24-10-8-16-27-12-4-2-5-13-27)32-26-30(29-18-21-31(22-19-29)45-36(37,38)39)20-23-33(32)44-25-11-9-17-28-14-6-3-7-15-28/h2-7,12-15,18-23,26H,8-11,16-17,24-25H2,1H3. The summed E-state index contributed by atoms with van der Waals surface area (Å²) in [4.78, 5) is 27.2. The first-order valence-corrected chi connectivity index (χ1v) is 14.8. The number of hydrogen-bond acceptors (Lipinski definition) is 5. The second-order valence-corrected chi connectivity index (χ2v) is 10.4. The first-order chi connectivity index (χ1) is 21.7. The number of benzene rings is 4. The molecule has 0 fully saturated rings. The lowest BCUT2D eigenvalue weighted by atomic mass is 10.0. The SMILES string of the molecule is COC(=O)C(=O)N(CCCCc1ccccc1)c1cc(-c2ccc(OC(F)(F)F)cc2)ccc1OCCCCc1ccccc1. The number of halogens is 3. The molecule has 4 rings (SSSR count). The van der Waals surface area contributed by atoms with Crippen LogP contribution in [-0.4, -0.2) is 38.5 Å². The molecule has 0 aliphatic carbocycles. The Morgan fingerprint density at radius 1 is 0.711 bits per heavy atom. The third-order valence-electron chi connectivity index (χ3n) is 7.18. The molecule has 0 heterocycles. The highest BCUT2D eigenvalue weighted by atomic mass is 19.4. The van der Waals surface area contributed by atoms with Crippen LogP contribution in [0.25, 0.3) is 11.1 Å². The molecule has 0 unspecified atom stereocenters. The van der Waals surface area contributed by atoms with E-state index in [1.54, 1.807) is 18.2 Å². The summed E-state index contributed by atoms with van der Waals surface area (Å²) in [6.45, 7) is 0.615. The lowest BCUT2D eigenvalue weighted by molar-refractivity contribution is -0.274. The van der Waals surface area contributed by atoms with Gasteiger partial charge in [0.1, 0.15) is 11.5 Å². The number of aryl methyl sites for hydroxylation is 2. The molecule has 0 radical (unpaired) electrons. The molecule has 9 heteroatoms. The Kier molecular flexibility index (Phi) is 12.0. The van der Waals surface area contributed by atoms with Gasteiger partial charge in [-0.15, -0.1) is 13.2 Å². The van der Waals surface area contributed by atoms with Gasteiger partial charge in [-0.3, -0.25) is 9.69 Å². The summed E-state index contributed by atoms with van der Waals surface area (Å²) in [6, 6.07) is 30.7. The highest BCUT2D eigenvalue weighted by molar-refractivity contribution is 6.38. The Morgan fingerprint density at radius 2 is 1.29 bits per heavy atom. The lowest BCUT2D eigenvalue weighted by Gasteiger charge is -2.25. The molecule has 0 aliphatic rings. The number of esters is 1. The number of carbonyl (C=O) groups excluding carboxylic acids is 2. The third-order valence-corrected chi connectivity index (χ3v) is 7.18. The van der Waals surface area contributed by atoms with E-state index >= 15 is 0 Å². The van der Waals surface area contributed by atoms with Gasteiger partial charge in [0.15, 0.2) is 0 Å². The molecule has 0 spiro atoms. The summed E-state index contributed by atoms with van der Waals surface area (Å²) in [6.07, 6.45) is -0.0691. The van der Waals surface area contributed by atoms with Crippen LogP contribution in [-0.2, 0) is 27.2 Å². The number of amides is 1. The van der Waals surface area contributed by atoms with Gasteiger partial charge in [-0.05, 0) is 85.0 Å². The Balaban J connectivity index is 1.56. The van der Waals surface area contributed by atoms with E-state index in [0.29, 0.717) is 35.6 Å². The van der Waals surface area contributed by atoms with Crippen molar-refractivity contribution < 1.29 is 37.0 Å². The van der Waals surface area contributed by atoms with Crippen molar-refractivity contribution in [1.82, 2.24) is 0 Å². The second kappa shape index (κ2) is 16.3. The molecular formula is C36H36F3NO5. The van der Waals surface area contributed by atoms with Crippen LogP contribution >= 0.6 is 0 Å². The zero-order valence-electron chi connectivity index (χ0n) is 25.1. The fourth-order valence-electron chi connectivity index (χ4n) is 4.91. The minimum Gasteiger partial charge on any atom is -0.491 e. The van der Waals surface area contributed by atoms with E-state index in [1.165, 1.54) is 40.3 Å². The molecule has 0 saturated carbocycles. The highest BCUT2D eigenvalue weighted by Gasteiger charge is 2.31. The highest BCUT2D eigenvalue weighted by Crippen LogP contribution is 2.35. The number of alkyl halides is 3. The Labute approximate surface area is 261 Å². The molecule has 0 saturated heterocycles. The average Bonchev–Trinajstić information content (AvgIpc) is 3.05. The summed E-state index contributed by atoms with van der Waals surface area (Å²) in [5.74, 6) is -1.78. The maximum absolute atomic E-state index is 13.3. The van der Waals surface area contributed by atoms with E-state index in [1.807, 2.05) is 48.5 Å². The van der Waals surface area contributed by atoms with Crippen molar-refractivity contribution in [3.05, 3.63) is 114 Å². The summed E-state index contributed by atoms with van der Waals surface area (Å²) < 4.78 is 53.0. The minimum absolute atomic E-state index is 0.229. The monoisotopic (exact) mass is 619 g/mol. The van der Waals surface area contributed by atoms with Crippen molar-refractivity contribution in [1.29, 1.82) is 0 Å². The smallest absolute Gasteiger partial charge is 0.491 e. The largest absolute Gasteiger partial charge is 0.573 e. The normalized spacial score (nSPS) is 11.1. The topological polar surface area (TPSA) is 65.1 Å². The zero-order chi connectivity index (χ0) is 32.1. The first kappa shape index (κ1) is 33.1. The van der Waals surface area contributed by atoms with Gasteiger partial charge in [0.05, 0.1) is 19.4 Å². The fourth-order valence-corrected chi connectivity index (χ4v) is 4.91. The van der Waals surface area contributed by atoms with E-state index in [4.69, 9.17) is 9.47 Å². The maximum atomic E-state index is 13.3. The number of rotatable bonds is 14. The Morgan fingerprint density at radius 3 is 1.87 bits per heavy atom. The predicted octanol–water partition coefficient (Wildman–Crippen LogP) is 8.18. The van der Waals surface area contributed by atoms with E-state index in [0.717, 1.165) is 39.2 Å². The molecule has 0 atom stereocenters. The molecule has 45 heavy (non-hydrogen) atoms. The number of hydrogen-bond donors (Lipinski definition) is 0. The average molecular weight is 620 g/mol. The Hall–Kier alpha value is -4.79. The Bertz CT molecular complexity index is 1510. The lowest BCUT2D eigenvalue weighted by Crippen LogP contribution is -2.38. The molecule has 0 aliphatic heterocycles. The fraction of sp³-hybridized carbons (Fsp3) is 0.278. The van der Waals surface area contributed by atoms with Crippen molar-refractivity contribution in [3.63, 3.8) is 0 Å². The van der Waals surface area contributed by atoms with Gasteiger partial charge in [0.2, 0.25) is 0 Å². The van der Waals surface area contributed by atoms with Crippen LogP contribution in [0.2, 0.25) is 0 Å². The van der Waals surface area contributed by atoms with Crippen LogP contribution in [0.3, 0.4) is 0 Å². The van der Waals surface area contributed by atoms with Gasteiger partial charge in [-0.2, -0.15) is 0 Å². The summed E-state index contributed by atoms with van der Waals surface area (Å²) in [5.41, 5.74) is 3.99. The van der Waals surface area contributed by atoms with Crippen molar-refractivity contribution in [3.8, 4) is 22.6 Å². The number of methoxy groups -OCH3 is 1. The number of ether oxygens (including phenoxy) is 3. The van der Waals surface area contributed by atoms with Crippen LogP contribution in [0.4, 0.5) is 18.9 Å². The third kappa shape index (κ3) is 10.4. The van der Waals surface area contributed by atoms with E-state index in [2.05, 4.69) is 16.9 Å². The quantitative estimate of drug-likeness (QED) is 0.0809. The van der Waals surface area contributed by atoms with E-state index < -0.39 is 18.2 Å². The molecule has 6 nitrogen and oxygen atoms in total. The van der Waals surface area contributed by atoms with Crippen molar-refractivity contribution in [2.75, 3.05) is 25.2 Å². The molecule has 0 aromatic heterocycles. The van der Waals surface area contributed by atoms with Crippen LogP contribution < -0.4 is 14.4 Å². The summed E-state index contributed by atoms with van der Waals surface area (Å²) in [7, 11) is 1.15. The van der Waals surface area contributed by atoms with Gasteiger partial charge < -0.3 is 14.2 Å². The van der Waals surface area contributed by atoms with E-state index in [-0.39, 0.29) is 12.3 Å². The molecule has 0 bridgehead atoms.